The second-order valence-corrected chi connectivity index (χ2v) is 8.65. The molecular weight excluding hydrogens is 494 g/mol. The van der Waals surface area contributed by atoms with Crippen LogP contribution in [0.25, 0.3) is 0 Å². The van der Waals surface area contributed by atoms with Crippen molar-refractivity contribution in [2.45, 2.75) is 13.0 Å². The molecule has 0 radical (unpaired) electrons. The first-order valence-corrected chi connectivity index (χ1v) is 11.9. The fourth-order valence-corrected chi connectivity index (χ4v) is 4.14. The molecule has 0 spiro atoms. The highest BCUT2D eigenvalue weighted by Gasteiger charge is 2.37. The number of rotatable bonds is 10. The topological polar surface area (TPSA) is 97.0 Å². The number of benzene rings is 3. The monoisotopic (exact) mass is 519 g/mol. The minimum absolute atomic E-state index is 0.0198. The second kappa shape index (κ2) is 11.6. The molecule has 0 fully saturated rings. The Kier molecular flexibility index (Phi) is 8.10. The van der Waals surface area contributed by atoms with Crippen LogP contribution in [0, 0.1) is 0 Å². The van der Waals surface area contributed by atoms with Crippen molar-refractivity contribution >= 4 is 35.0 Å². The zero-order valence-corrected chi connectivity index (χ0v) is 21.2. The maximum atomic E-state index is 12.9. The average Bonchev–Trinajstić information content (AvgIpc) is 3.12. The highest BCUT2D eigenvalue weighted by atomic mass is 35.5. The van der Waals surface area contributed by atoms with Crippen LogP contribution in [0.15, 0.2) is 83.5 Å². The van der Waals surface area contributed by atoms with Crippen LogP contribution >= 0.6 is 11.6 Å². The Morgan fingerprint density at radius 1 is 0.865 bits per heavy atom. The van der Waals surface area contributed by atoms with Gasteiger partial charge >= 0.3 is 0 Å². The Balaban J connectivity index is 1.38. The number of ether oxygens (including phenoxy) is 2. The molecule has 1 heterocycles. The molecule has 0 unspecified atom stereocenters. The third-order valence-corrected chi connectivity index (χ3v) is 6.19. The zero-order chi connectivity index (χ0) is 26.4. The van der Waals surface area contributed by atoms with Gasteiger partial charge in [-0.1, -0.05) is 54.1 Å². The molecule has 37 heavy (non-hydrogen) atoms. The van der Waals surface area contributed by atoms with Crippen LogP contribution < -0.4 is 20.1 Å². The van der Waals surface area contributed by atoms with Crippen LogP contribution in [0.3, 0.4) is 0 Å². The molecule has 2 N–H and O–H groups in total. The lowest BCUT2D eigenvalue weighted by atomic mass is 10.1. The van der Waals surface area contributed by atoms with Gasteiger partial charge in [0.05, 0.1) is 20.8 Å². The van der Waals surface area contributed by atoms with Crippen LogP contribution in [0.5, 0.6) is 11.5 Å². The molecule has 0 saturated carbocycles. The fourth-order valence-electron chi connectivity index (χ4n) is 3.91. The summed E-state index contributed by atoms with van der Waals surface area (Å²) in [6, 6.07) is 21.4. The van der Waals surface area contributed by atoms with Gasteiger partial charge in [-0.2, -0.15) is 0 Å². The molecule has 0 aromatic heterocycles. The Bertz CT molecular complexity index is 1360. The molecule has 0 atom stereocenters. The summed E-state index contributed by atoms with van der Waals surface area (Å²) in [5, 5.41) is 5.62. The number of hydrogen-bond acceptors (Lipinski definition) is 6. The predicted molar refractivity (Wildman–Crippen MR) is 141 cm³/mol. The third kappa shape index (κ3) is 5.92. The molecule has 8 nitrogen and oxygen atoms in total. The largest absolute Gasteiger partial charge is 0.493 e. The number of imide groups is 1. The van der Waals surface area contributed by atoms with Gasteiger partial charge in [-0.3, -0.25) is 19.3 Å². The van der Waals surface area contributed by atoms with E-state index in [4.69, 9.17) is 21.1 Å². The first-order valence-electron chi connectivity index (χ1n) is 11.6. The van der Waals surface area contributed by atoms with Gasteiger partial charge in [0.25, 0.3) is 17.7 Å². The average molecular weight is 520 g/mol. The van der Waals surface area contributed by atoms with Crippen molar-refractivity contribution in [2.75, 3.05) is 26.1 Å². The molecule has 0 aliphatic carbocycles. The highest BCUT2D eigenvalue weighted by Crippen LogP contribution is 2.28. The van der Waals surface area contributed by atoms with E-state index >= 15 is 0 Å². The number of methoxy groups -OCH3 is 2. The van der Waals surface area contributed by atoms with Crippen LogP contribution in [0.2, 0.25) is 0 Å². The van der Waals surface area contributed by atoms with Crippen molar-refractivity contribution in [3.63, 3.8) is 0 Å². The molecule has 4 rings (SSSR count). The molecule has 3 aromatic carbocycles. The zero-order valence-electron chi connectivity index (χ0n) is 20.4. The van der Waals surface area contributed by atoms with Crippen molar-refractivity contribution in [3.05, 3.63) is 100 Å². The van der Waals surface area contributed by atoms with Crippen molar-refractivity contribution in [2.24, 2.45) is 0 Å². The number of hydrogen-bond donors (Lipinski definition) is 2. The van der Waals surface area contributed by atoms with Gasteiger partial charge in [0.15, 0.2) is 11.5 Å². The second-order valence-electron chi connectivity index (χ2n) is 8.27. The summed E-state index contributed by atoms with van der Waals surface area (Å²) in [7, 11) is 3.15. The van der Waals surface area contributed by atoms with E-state index in [0.717, 1.165) is 16.0 Å². The number of amides is 3. The lowest BCUT2D eigenvalue weighted by Gasteiger charge is -2.15. The molecular formula is C28H26ClN3O5. The lowest BCUT2D eigenvalue weighted by Crippen LogP contribution is -2.31. The molecule has 3 amide bonds. The SMILES string of the molecule is COc1ccc(CCNC(=O)c2cccc(NC3=C(Cl)C(=O)N(Cc4ccccc4)C3=O)c2)cc1OC. The smallest absolute Gasteiger partial charge is 0.279 e. The Labute approximate surface area is 219 Å². The van der Waals surface area contributed by atoms with Gasteiger partial charge in [0, 0.05) is 17.8 Å². The summed E-state index contributed by atoms with van der Waals surface area (Å²) in [4.78, 5) is 39.3. The van der Waals surface area contributed by atoms with Gasteiger partial charge in [-0.15, -0.1) is 0 Å². The van der Waals surface area contributed by atoms with Gasteiger partial charge < -0.3 is 20.1 Å². The molecule has 9 heteroatoms. The third-order valence-electron chi connectivity index (χ3n) is 5.84. The summed E-state index contributed by atoms with van der Waals surface area (Å²) in [6.45, 7) is 0.521. The maximum absolute atomic E-state index is 12.9. The minimum Gasteiger partial charge on any atom is -0.493 e. The Hall–Kier alpha value is -4.30. The lowest BCUT2D eigenvalue weighted by molar-refractivity contribution is -0.138. The maximum Gasteiger partial charge on any atom is 0.279 e. The minimum atomic E-state index is -0.568. The number of nitrogens with one attached hydrogen (secondary N) is 2. The first-order chi connectivity index (χ1) is 17.9. The van der Waals surface area contributed by atoms with Crippen molar-refractivity contribution in [3.8, 4) is 11.5 Å². The molecule has 190 valence electrons. The van der Waals surface area contributed by atoms with Crippen LogP contribution in [0.1, 0.15) is 21.5 Å². The van der Waals surface area contributed by atoms with Gasteiger partial charge in [-0.05, 0) is 47.9 Å². The number of halogens is 1. The normalized spacial score (nSPS) is 13.1. The van der Waals surface area contributed by atoms with Gasteiger partial charge in [0.1, 0.15) is 10.7 Å². The summed E-state index contributed by atoms with van der Waals surface area (Å²) < 4.78 is 10.6. The number of carbonyl (C=O) groups is 3. The Morgan fingerprint density at radius 2 is 1.62 bits per heavy atom. The summed E-state index contributed by atoms with van der Waals surface area (Å²) in [5.74, 6) is -0.102. The Morgan fingerprint density at radius 3 is 2.35 bits per heavy atom. The molecule has 0 saturated heterocycles. The van der Waals surface area contributed by atoms with Crippen LogP contribution in [0.4, 0.5) is 5.69 Å². The van der Waals surface area contributed by atoms with E-state index in [-0.39, 0.29) is 23.2 Å². The van der Waals surface area contributed by atoms with E-state index in [1.807, 2.05) is 48.5 Å². The van der Waals surface area contributed by atoms with Crippen molar-refractivity contribution in [1.29, 1.82) is 0 Å². The number of carbonyl (C=O) groups excluding carboxylic acids is 3. The fraction of sp³-hybridized carbons (Fsp3) is 0.179. The van der Waals surface area contributed by atoms with Crippen LogP contribution in [-0.4, -0.2) is 43.4 Å². The van der Waals surface area contributed by atoms with Crippen molar-refractivity contribution in [1.82, 2.24) is 10.2 Å². The first kappa shape index (κ1) is 25.8. The van der Waals surface area contributed by atoms with E-state index in [1.54, 1.807) is 38.5 Å². The molecule has 0 bridgehead atoms. The predicted octanol–water partition coefficient (Wildman–Crippen LogP) is 4.11. The highest BCUT2D eigenvalue weighted by molar-refractivity contribution is 6.48. The standard InChI is InChI=1S/C28H26ClN3O5/c1-36-22-12-11-18(15-23(22)37-2)13-14-30-26(33)20-9-6-10-21(16-20)31-25-24(29)27(34)32(28(25)35)17-19-7-4-3-5-8-19/h3-12,15-16,31H,13-14,17H2,1-2H3,(H,30,33). The number of anilines is 1. The van der Waals surface area contributed by atoms with Crippen molar-refractivity contribution < 1.29 is 23.9 Å². The van der Waals surface area contributed by atoms with E-state index in [0.29, 0.717) is 35.7 Å². The summed E-state index contributed by atoms with van der Waals surface area (Å²) in [5.41, 5.74) is 2.63. The summed E-state index contributed by atoms with van der Waals surface area (Å²) in [6.07, 6.45) is 0.598. The quantitative estimate of drug-likeness (QED) is 0.391. The van der Waals surface area contributed by atoms with Gasteiger partial charge in [-0.25, -0.2) is 0 Å². The van der Waals surface area contributed by atoms with E-state index in [2.05, 4.69) is 10.6 Å². The molecule has 1 aliphatic heterocycles. The van der Waals surface area contributed by atoms with Crippen LogP contribution in [-0.2, 0) is 22.6 Å². The van der Waals surface area contributed by atoms with Gasteiger partial charge in [0.2, 0.25) is 0 Å². The van der Waals surface area contributed by atoms with E-state index < -0.39 is 11.8 Å². The van der Waals surface area contributed by atoms with E-state index in [1.165, 1.54) is 0 Å². The molecule has 1 aliphatic rings. The summed E-state index contributed by atoms with van der Waals surface area (Å²) >= 11 is 6.21. The van der Waals surface area contributed by atoms with E-state index in [9.17, 15) is 14.4 Å². The number of nitrogens with zero attached hydrogens (tertiary/aromatic N) is 1. The molecule has 3 aromatic rings.